The third-order valence-electron chi connectivity index (χ3n) is 12.1. The largest absolute Gasteiger partial charge is 0.309 e. The first kappa shape index (κ1) is 32.7. The number of nitrogens with zero attached hydrogens (tertiary/aromatic N) is 3. The number of aromatic nitrogens is 2. The van der Waals surface area contributed by atoms with Crippen LogP contribution in [0.2, 0.25) is 0 Å². The zero-order chi connectivity index (χ0) is 38.2. The van der Waals surface area contributed by atoms with Crippen LogP contribution in [0.25, 0.3) is 76.9 Å². The highest BCUT2D eigenvalue weighted by Gasteiger charge is 2.29. The maximum atomic E-state index is 5.30. The Morgan fingerprint density at radius 3 is 1.86 bits per heavy atom. The lowest BCUT2D eigenvalue weighted by atomic mass is 9.94. The molecule has 0 radical (unpaired) electrons. The number of rotatable bonds is 5. The smallest absolute Gasteiger partial charge is 0.160 e. The Morgan fingerprint density at radius 1 is 0.397 bits per heavy atom. The molecule has 3 heterocycles. The third kappa shape index (κ3) is 5.09. The van der Waals surface area contributed by atoms with Crippen molar-refractivity contribution in [3.05, 3.63) is 217 Å². The summed E-state index contributed by atoms with van der Waals surface area (Å²) < 4.78 is 4.90. The minimum absolute atomic E-state index is 0.0490. The lowest BCUT2D eigenvalue weighted by Gasteiger charge is -2.23. The van der Waals surface area contributed by atoms with Gasteiger partial charge in [0.2, 0.25) is 0 Å². The number of para-hydroxylation sites is 3. The summed E-state index contributed by atoms with van der Waals surface area (Å²) >= 11 is 0. The van der Waals surface area contributed by atoms with Crippen molar-refractivity contribution in [1.82, 2.24) is 9.13 Å². The van der Waals surface area contributed by atoms with E-state index < -0.39 is 0 Å². The number of hydrogen-bond acceptors (Lipinski definition) is 1. The Balaban J connectivity index is 1.12. The lowest BCUT2D eigenvalue weighted by molar-refractivity contribution is -0.599. The van der Waals surface area contributed by atoms with E-state index in [0.717, 1.165) is 28.3 Å². The summed E-state index contributed by atoms with van der Waals surface area (Å²) in [4.78, 5) is 5.30. The van der Waals surface area contributed by atoms with Crippen LogP contribution in [0.5, 0.6) is 0 Å². The fraction of sp³-hybridized carbons (Fsp3) is 0.0185. The first-order valence-corrected chi connectivity index (χ1v) is 20.0. The van der Waals surface area contributed by atoms with Crippen LogP contribution in [-0.4, -0.2) is 14.8 Å². The molecule has 0 spiro atoms. The van der Waals surface area contributed by atoms with E-state index in [2.05, 4.69) is 221 Å². The molecule has 1 unspecified atom stereocenters. The molecule has 1 aliphatic rings. The van der Waals surface area contributed by atoms with Gasteiger partial charge in [-0.05, 0) is 76.5 Å². The molecule has 4 nitrogen and oxygen atoms in total. The molecule has 4 heteroatoms. The zero-order valence-electron chi connectivity index (χ0n) is 31.6. The molecule has 1 atom stereocenters. The standard InChI is InChI=1S/C54H36N4/c1-4-14-35(15-5-1)39-26-30-43-44-33-45-51(57(40-19-8-3-9-20-40)48-31-27-36-16-10-11-21-42(36)52(45)48)34-50(44)58(49(43)32-39)41-28-24-38(25-29-41)54-53(37-17-6-2-7-18-37)55-46-22-12-13-23-47(46)56-54/h1-34,53,55H/p+1. The second kappa shape index (κ2) is 13.0. The normalized spacial score (nSPS) is 14.1. The Morgan fingerprint density at radius 2 is 1.03 bits per heavy atom. The van der Waals surface area contributed by atoms with Crippen molar-refractivity contribution in [3.63, 3.8) is 0 Å². The highest BCUT2D eigenvalue weighted by atomic mass is 15.0. The number of fused-ring (bicyclic) bond motifs is 9. The number of quaternary nitrogens is 1. The molecule has 0 saturated carbocycles. The molecular formula is C54H37N4+. The van der Waals surface area contributed by atoms with Gasteiger partial charge >= 0.3 is 0 Å². The summed E-state index contributed by atoms with van der Waals surface area (Å²) in [7, 11) is 0. The quantitative estimate of drug-likeness (QED) is 0.171. The van der Waals surface area contributed by atoms with Crippen molar-refractivity contribution >= 4 is 71.5 Å². The van der Waals surface area contributed by atoms with Gasteiger partial charge < -0.3 is 14.5 Å². The Labute approximate surface area is 335 Å². The summed E-state index contributed by atoms with van der Waals surface area (Å²) in [6.45, 7) is 0. The van der Waals surface area contributed by atoms with Crippen LogP contribution in [0.1, 0.15) is 17.2 Å². The van der Waals surface area contributed by atoms with Crippen molar-refractivity contribution in [1.29, 1.82) is 0 Å². The summed E-state index contributed by atoms with van der Waals surface area (Å²) in [6.07, 6.45) is 0. The van der Waals surface area contributed by atoms with E-state index in [-0.39, 0.29) is 6.04 Å². The monoisotopic (exact) mass is 741 g/mol. The van der Waals surface area contributed by atoms with Gasteiger partial charge in [0.25, 0.3) is 0 Å². The Bertz CT molecular complexity index is 3390. The maximum absolute atomic E-state index is 5.30. The van der Waals surface area contributed by atoms with Crippen molar-refractivity contribution in [3.8, 4) is 22.5 Å². The van der Waals surface area contributed by atoms with E-state index in [1.807, 2.05) is 0 Å². The highest BCUT2D eigenvalue weighted by Crippen LogP contribution is 2.43. The first-order valence-electron chi connectivity index (χ1n) is 20.0. The van der Waals surface area contributed by atoms with Gasteiger partial charge in [-0.1, -0.05) is 146 Å². The molecule has 9 aromatic carbocycles. The number of aliphatic imine (C=N–C) groups is 1. The van der Waals surface area contributed by atoms with Crippen molar-refractivity contribution < 1.29 is 5.32 Å². The van der Waals surface area contributed by atoms with E-state index >= 15 is 0 Å². The molecule has 0 fully saturated rings. The zero-order valence-corrected chi connectivity index (χ0v) is 31.6. The Kier molecular flexibility index (Phi) is 7.34. The number of hydrogen-bond donors (Lipinski definition) is 1. The second-order valence-electron chi connectivity index (χ2n) is 15.3. The van der Waals surface area contributed by atoms with Crippen LogP contribution in [0.3, 0.4) is 0 Å². The molecule has 2 N–H and O–H groups in total. The Hall–Kier alpha value is -7.53. The van der Waals surface area contributed by atoms with Gasteiger partial charge in [0.15, 0.2) is 11.7 Å². The van der Waals surface area contributed by atoms with E-state index in [4.69, 9.17) is 4.99 Å². The van der Waals surface area contributed by atoms with Crippen LogP contribution >= 0.6 is 0 Å². The molecule has 0 saturated heterocycles. The van der Waals surface area contributed by atoms with Crippen LogP contribution in [0.4, 0.5) is 11.4 Å². The third-order valence-corrected chi connectivity index (χ3v) is 12.1. The van der Waals surface area contributed by atoms with Crippen molar-refractivity contribution in [2.24, 2.45) is 4.99 Å². The van der Waals surface area contributed by atoms with Gasteiger partial charge in [-0.15, -0.1) is 0 Å². The van der Waals surface area contributed by atoms with Crippen LogP contribution in [0.15, 0.2) is 211 Å². The summed E-state index contributed by atoms with van der Waals surface area (Å²) in [6, 6.07) is 74.9. The number of benzene rings is 9. The predicted octanol–water partition coefficient (Wildman–Crippen LogP) is 12.8. The molecule has 1 aliphatic heterocycles. The van der Waals surface area contributed by atoms with Crippen molar-refractivity contribution in [2.45, 2.75) is 6.04 Å². The van der Waals surface area contributed by atoms with E-state index in [1.165, 1.54) is 76.8 Å². The average molecular weight is 742 g/mol. The fourth-order valence-electron chi connectivity index (χ4n) is 9.37. The minimum atomic E-state index is 0.0490. The lowest BCUT2D eigenvalue weighted by Crippen LogP contribution is -2.82. The maximum Gasteiger partial charge on any atom is 0.160 e. The van der Waals surface area contributed by atoms with Crippen molar-refractivity contribution in [2.75, 3.05) is 0 Å². The van der Waals surface area contributed by atoms with Gasteiger partial charge in [-0.2, -0.15) is 0 Å². The minimum Gasteiger partial charge on any atom is -0.309 e. The second-order valence-corrected chi connectivity index (χ2v) is 15.3. The highest BCUT2D eigenvalue weighted by molar-refractivity contribution is 6.25. The van der Waals surface area contributed by atoms with E-state index in [9.17, 15) is 0 Å². The molecule has 272 valence electrons. The molecule has 2 aromatic heterocycles. The topological polar surface area (TPSA) is 38.8 Å². The van der Waals surface area contributed by atoms with Gasteiger partial charge in [-0.3, -0.25) is 0 Å². The summed E-state index contributed by atoms with van der Waals surface area (Å²) in [5.41, 5.74) is 15.0. The first-order chi connectivity index (χ1) is 28.8. The van der Waals surface area contributed by atoms with Gasteiger partial charge in [0.05, 0.1) is 22.1 Å². The fourth-order valence-corrected chi connectivity index (χ4v) is 9.37. The molecule has 0 bridgehead atoms. The van der Waals surface area contributed by atoms with E-state index in [0.29, 0.717) is 0 Å². The van der Waals surface area contributed by atoms with Gasteiger partial charge in [0.1, 0.15) is 11.4 Å². The molecule has 58 heavy (non-hydrogen) atoms. The van der Waals surface area contributed by atoms with Gasteiger partial charge in [0, 0.05) is 50.1 Å². The summed E-state index contributed by atoms with van der Waals surface area (Å²) in [5.74, 6) is 0. The van der Waals surface area contributed by atoms with Crippen LogP contribution < -0.4 is 5.32 Å². The molecule has 11 aromatic rings. The SMILES string of the molecule is c1ccc(-c2ccc3c4cc5c6c7ccccc7ccc6n(-c6ccccc6)c5cc4n(-c4ccc(C5=Nc6ccccc6[NH2+]C5c5ccccc5)cc4)c3c2)cc1. The molecule has 12 rings (SSSR count). The van der Waals surface area contributed by atoms with Gasteiger partial charge in [-0.25, -0.2) is 4.99 Å². The predicted molar refractivity (Wildman–Crippen MR) is 241 cm³/mol. The number of nitrogens with two attached hydrogens (primary N) is 1. The van der Waals surface area contributed by atoms with Crippen LogP contribution in [-0.2, 0) is 0 Å². The van der Waals surface area contributed by atoms with E-state index in [1.54, 1.807) is 0 Å². The molecule has 0 amide bonds. The van der Waals surface area contributed by atoms with Crippen LogP contribution in [0, 0.1) is 0 Å². The average Bonchev–Trinajstić information content (AvgIpc) is 3.80. The molecule has 0 aliphatic carbocycles. The summed E-state index contributed by atoms with van der Waals surface area (Å²) in [5, 5.41) is 9.87. The molecular weight excluding hydrogens is 705 g/mol.